The van der Waals surface area contributed by atoms with E-state index in [2.05, 4.69) is 37.5 Å². The van der Waals surface area contributed by atoms with E-state index in [0.29, 0.717) is 18.3 Å². The highest BCUT2D eigenvalue weighted by atomic mass is 127. The quantitative estimate of drug-likeness (QED) is 0.326. The van der Waals surface area contributed by atoms with E-state index in [-0.39, 0.29) is 24.0 Å². The van der Waals surface area contributed by atoms with E-state index in [1.807, 2.05) is 24.3 Å². The number of nitrogens with one attached hydrogen (secondary N) is 3. The van der Waals surface area contributed by atoms with Crippen LogP contribution in [0.2, 0.25) is 0 Å². The number of methoxy groups -OCH3 is 1. The average Bonchev–Trinajstić information content (AvgIpc) is 2.67. The molecule has 8 heteroatoms. The van der Waals surface area contributed by atoms with Gasteiger partial charge in [-0.1, -0.05) is 19.1 Å². The molecule has 1 saturated heterocycles. The minimum atomic E-state index is -0.467. The lowest BCUT2D eigenvalue weighted by Crippen LogP contribution is -2.48. The molecule has 0 aromatic heterocycles. The molecule has 1 amide bonds. The SMILES string of the molecule is CCCN1CCC(NC(=NC)NCc2ccc(NC(=O)OC)cc2)CC1.I. The Balaban J connectivity index is 0.00000364. The molecule has 0 saturated carbocycles. The van der Waals surface area contributed by atoms with Crippen molar-refractivity contribution in [3.05, 3.63) is 29.8 Å². The number of aliphatic imine (C=N–C) groups is 1. The third-order valence-corrected chi connectivity index (χ3v) is 4.54. The molecule has 0 bridgehead atoms. The van der Waals surface area contributed by atoms with Crippen molar-refractivity contribution in [2.45, 2.75) is 38.8 Å². The number of ether oxygens (including phenoxy) is 1. The van der Waals surface area contributed by atoms with Crippen LogP contribution in [-0.4, -0.2) is 56.8 Å². The van der Waals surface area contributed by atoms with E-state index in [9.17, 15) is 4.79 Å². The lowest BCUT2D eigenvalue weighted by atomic mass is 10.1. The van der Waals surface area contributed by atoms with Gasteiger partial charge in [0.25, 0.3) is 0 Å². The smallest absolute Gasteiger partial charge is 0.411 e. The van der Waals surface area contributed by atoms with Gasteiger partial charge in [0.15, 0.2) is 5.96 Å². The molecule has 0 atom stereocenters. The molecule has 0 unspecified atom stereocenters. The minimum absolute atomic E-state index is 0. The summed E-state index contributed by atoms with van der Waals surface area (Å²) in [5.41, 5.74) is 1.82. The maximum atomic E-state index is 11.2. The topological polar surface area (TPSA) is 78.0 Å². The first kappa shape index (κ1) is 23.5. The van der Waals surface area contributed by atoms with E-state index in [1.165, 1.54) is 20.1 Å². The maximum absolute atomic E-state index is 11.2. The van der Waals surface area contributed by atoms with E-state index >= 15 is 0 Å². The van der Waals surface area contributed by atoms with Crippen molar-refractivity contribution in [3.8, 4) is 0 Å². The summed E-state index contributed by atoms with van der Waals surface area (Å²) >= 11 is 0. The molecule has 0 aliphatic carbocycles. The average molecular weight is 489 g/mol. The van der Waals surface area contributed by atoms with Crippen LogP contribution in [0.15, 0.2) is 29.3 Å². The highest BCUT2D eigenvalue weighted by Crippen LogP contribution is 2.11. The lowest BCUT2D eigenvalue weighted by Gasteiger charge is -2.32. The number of rotatable bonds is 6. The van der Waals surface area contributed by atoms with Crippen LogP contribution in [0.5, 0.6) is 0 Å². The molecule has 3 N–H and O–H groups in total. The van der Waals surface area contributed by atoms with Crippen molar-refractivity contribution < 1.29 is 9.53 Å². The Bertz CT molecular complexity index is 586. The standard InChI is InChI=1S/C19H31N5O2.HI/c1-4-11-24-12-9-17(10-13-24)22-18(20-2)21-14-15-5-7-16(8-6-15)23-19(25)26-3;/h5-8,17H,4,9-14H2,1-3H3,(H,23,25)(H2,20,21,22);1H. The molecule has 1 heterocycles. The molecule has 1 aliphatic rings. The fourth-order valence-electron chi connectivity index (χ4n) is 3.07. The Hall–Kier alpha value is -1.55. The number of likely N-dealkylation sites (tertiary alicyclic amines) is 1. The number of piperidine rings is 1. The highest BCUT2D eigenvalue weighted by Gasteiger charge is 2.19. The first-order valence-corrected chi connectivity index (χ1v) is 9.28. The Kier molecular flexibility index (Phi) is 11.1. The predicted molar refractivity (Wildman–Crippen MR) is 121 cm³/mol. The van der Waals surface area contributed by atoms with Gasteiger partial charge in [-0.15, -0.1) is 24.0 Å². The van der Waals surface area contributed by atoms with Gasteiger partial charge in [-0.3, -0.25) is 10.3 Å². The predicted octanol–water partition coefficient (Wildman–Crippen LogP) is 3.02. The summed E-state index contributed by atoms with van der Waals surface area (Å²) in [6.07, 6.45) is 3.05. The number of hydrogen-bond acceptors (Lipinski definition) is 4. The van der Waals surface area contributed by atoms with Crippen molar-refractivity contribution in [3.63, 3.8) is 0 Å². The van der Waals surface area contributed by atoms with Crippen molar-refractivity contribution in [2.24, 2.45) is 4.99 Å². The first-order valence-electron chi connectivity index (χ1n) is 9.28. The molecule has 27 heavy (non-hydrogen) atoms. The molecule has 1 fully saturated rings. The van der Waals surface area contributed by atoms with E-state index in [0.717, 1.165) is 37.5 Å². The Morgan fingerprint density at radius 3 is 2.48 bits per heavy atom. The van der Waals surface area contributed by atoms with Crippen LogP contribution >= 0.6 is 24.0 Å². The van der Waals surface area contributed by atoms with Gasteiger partial charge < -0.3 is 20.3 Å². The van der Waals surface area contributed by atoms with Gasteiger partial charge in [0, 0.05) is 38.4 Å². The van der Waals surface area contributed by atoms with E-state index in [1.54, 1.807) is 7.05 Å². The monoisotopic (exact) mass is 489 g/mol. The summed E-state index contributed by atoms with van der Waals surface area (Å²) in [6.45, 7) is 6.40. The number of nitrogens with zero attached hydrogens (tertiary/aromatic N) is 2. The lowest BCUT2D eigenvalue weighted by molar-refractivity contribution is 0.187. The van der Waals surface area contributed by atoms with Gasteiger partial charge in [-0.2, -0.15) is 0 Å². The van der Waals surface area contributed by atoms with Crippen molar-refractivity contribution in [1.29, 1.82) is 0 Å². The number of carbonyl (C=O) groups excluding carboxylic acids is 1. The largest absolute Gasteiger partial charge is 0.453 e. The summed E-state index contributed by atoms with van der Waals surface area (Å²) < 4.78 is 4.58. The number of guanidine groups is 1. The third-order valence-electron chi connectivity index (χ3n) is 4.54. The normalized spacial score (nSPS) is 15.6. The summed E-state index contributed by atoms with van der Waals surface area (Å²) in [7, 11) is 3.14. The van der Waals surface area contributed by atoms with Crippen molar-refractivity contribution in [2.75, 3.05) is 39.1 Å². The van der Waals surface area contributed by atoms with Crippen molar-refractivity contribution in [1.82, 2.24) is 15.5 Å². The molecule has 0 radical (unpaired) electrons. The van der Waals surface area contributed by atoms with Crippen LogP contribution in [0.25, 0.3) is 0 Å². The highest BCUT2D eigenvalue weighted by molar-refractivity contribution is 14.0. The molecule has 2 rings (SSSR count). The van der Waals surface area contributed by atoms with Gasteiger partial charge in [0.2, 0.25) is 0 Å². The number of amides is 1. The maximum Gasteiger partial charge on any atom is 0.411 e. The fourth-order valence-corrected chi connectivity index (χ4v) is 3.07. The molecule has 0 spiro atoms. The Morgan fingerprint density at radius 1 is 1.26 bits per heavy atom. The third kappa shape index (κ3) is 8.34. The summed E-state index contributed by atoms with van der Waals surface area (Å²) in [5, 5.41) is 9.52. The second kappa shape index (κ2) is 12.8. The molecular formula is C19H32IN5O2. The zero-order chi connectivity index (χ0) is 18.8. The first-order chi connectivity index (χ1) is 12.6. The van der Waals surface area contributed by atoms with Crippen LogP contribution < -0.4 is 16.0 Å². The minimum Gasteiger partial charge on any atom is -0.453 e. The second-order valence-electron chi connectivity index (χ2n) is 6.50. The van der Waals surface area contributed by atoms with E-state index < -0.39 is 6.09 Å². The number of hydrogen-bond donors (Lipinski definition) is 3. The van der Waals surface area contributed by atoms with Crippen LogP contribution in [0.4, 0.5) is 10.5 Å². The Labute approximate surface area is 179 Å². The second-order valence-corrected chi connectivity index (χ2v) is 6.50. The number of halogens is 1. The summed E-state index contributed by atoms with van der Waals surface area (Å²) in [5.74, 6) is 0.829. The summed E-state index contributed by atoms with van der Waals surface area (Å²) in [4.78, 5) is 18.0. The summed E-state index contributed by atoms with van der Waals surface area (Å²) in [6, 6.07) is 8.12. The molecular weight excluding hydrogens is 457 g/mol. The van der Waals surface area contributed by atoms with Crippen LogP contribution in [-0.2, 0) is 11.3 Å². The molecule has 1 aromatic rings. The van der Waals surface area contributed by atoms with Gasteiger partial charge in [-0.25, -0.2) is 4.79 Å². The number of benzene rings is 1. The Morgan fingerprint density at radius 2 is 1.93 bits per heavy atom. The van der Waals surface area contributed by atoms with Crippen molar-refractivity contribution >= 4 is 41.7 Å². The zero-order valence-corrected chi connectivity index (χ0v) is 18.8. The molecule has 1 aromatic carbocycles. The fraction of sp³-hybridized carbons (Fsp3) is 0.579. The number of anilines is 1. The molecule has 1 aliphatic heterocycles. The van der Waals surface area contributed by atoms with Crippen LogP contribution in [0.3, 0.4) is 0 Å². The van der Waals surface area contributed by atoms with Gasteiger partial charge in [0.1, 0.15) is 0 Å². The van der Waals surface area contributed by atoms with Gasteiger partial charge in [0.05, 0.1) is 7.11 Å². The van der Waals surface area contributed by atoms with Crippen LogP contribution in [0, 0.1) is 0 Å². The zero-order valence-electron chi connectivity index (χ0n) is 16.5. The molecule has 7 nitrogen and oxygen atoms in total. The molecule has 152 valence electrons. The van der Waals surface area contributed by atoms with Gasteiger partial charge >= 0.3 is 6.09 Å². The van der Waals surface area contributed by atoms with Gasteiger partial charge in [-0.05, 0) is 43.5 Å². The van der Waals surface area contributed by atoms with Crippen LogP contribution in [0.1, 0.15) is 31.7 Å². The van der Waals surface area contributed by atoms with E-state index in [4.69, 9.17) is 0 Å². The number of carbonyl (C=O) groups is 1.